The number of rotatable bonds is 10. The van der Waals surface area contributed by atoms with Crippen molar-refractivity contribution in [1.82, 2.24) is 26.3 Å². The topological polar surface area (TPSA) is 319 Å². The number of phenols is 1. The Kier molecular flexibility index (Phi) is 18.1. The van der Waals surface area contributed by atoms with Crippen molar-refractivity contribution in [2.24, 2.45) is 33.1 Å². The summed E-state index contributed by atoms with van der Waals surface area (Å²) in [6.45, 7) is 1.79. The Hall–Kier alpha value is -7.12. The molecule has 5 atom stereocenters. The first-order valence-corrected chi connectivity index (χ1v) is 21.7. The number of nitrogens with zero attached hydrogens (tertiary/aromatic N) is 3. The van der Waals surface area contributed by atoms with Gasteiger partial charge in [-0.3, -0.25) is 38.7 Å². The van der Waals surface area contributed by atoms with Gasteiger partial charge in [-0.15, -0.1) is 0 Å². The van der Waals surface area contributed by atoms with E-state index < -0.39 is 72.2 Å². The van der Waals surface area contributed by atoms with Gasteiger partial charge in [0.05, 0.1) is 18.3 Å². The van der Waals surface area contributed by atoms with E-state index in [1.165, 1.54) is 23.2 Å². The Labute approximate surface area is 377 Å². The number of aromatic amines is 1. The number of carbonyl (C=O) groups is 6. The predicted octanol–water partition coefficient (Wildman–Crippen LogP) is 0.841. The number of carbonyl (C=O) groups excluding carboxylic acids is 6. The van der Waals surface area contributed by atoms with Crippen LogP contribution in [0.2, 0.25) is 0 Å². The lowest BCUT2D eigenvalue weighted by Crippen LogP contribution is -2.59. The van der Waals surface area contributed by atoms with Crippen molar-refractivity contribution in [3.05, 3.63) is 95.7 Å². The third-order valence-corrected chi connectivity index (χ3v) is 11.2. The number of amides is 6. The zero-order valence-electron chi connectivity index (χ0n) is 36.5. The third kappa shape index (κ3) is 13.9. The first-order valence-electron chi connectivity index (χ1n) is 21.7. The van der Waals surface area contributed by atoms with Crippen LogP contribution in [0.15, 0.2) is 89.1 Å². The highest BCUT2D eigenvalue weighted by molar-refractivity contribution is 6.31. The number of hydrazone groups is 1. The zero-order chi connectivity index (χ0) is 46.9. The molecule has 65 heavy (non-hydrogen) atoms. The Morgan fingerprint density at radius 1 is 0.846 bits per heavy atom. The van der Waals surface area contributed by atoms with Gasteiger partial charge < -0.3 is 54.4 Å². The monoisotopic (exact) mass is 892 g/mol. The molecule has 1 aromatic heterocycles. The number of anilines is 1. The van der Waals surface area contributed by atoms with Gasteiger partial charge >= 0.3 is 0 Å². The first kappa shape index (κ1) is 48.9. The maximum absolute atomic E-state index is 14.4. The smallest absolute Gasteiger partial charge is 0.247 e. The largest absolute Gasteiger partial charge is 0.508 e. The summed E-state index contributed by atoms with van der Waals surface area (Å²) in [4.78, 5) is 92.8. The van der Waals surface area contributed by atoms with Crippen molar-refractivity contribution in [3.63, 3.8) is 0 Å². The van der Waals surface area contributed by atoms with Crippen LogP contribution in [0.25, 0.3) is 10.9 Å². The van der Waals surface area contributed by atoms with Gasteiger partial charge in [-0.25, -0.2) is 0 Å². The number of nitrogens with two attached hydrogens (primary N) is 4. The highest BCUT2D eigenvalue weighted by Crippen LogP contribution is 2.25. The summed E-state index contributed by atoms with van der Waals surface area (Å²) in [6.07, 6.45) is 5.05. The Morgan fingerprint density at radius 3 is 2.25 bits per heavy atom. The van der Waals surface area contributed by atoms with E-state index in [4.69, 9.17) is 23.0 Å². The van der Waals surface area contributed by atoms with Crippen LogP contribution in [0.1, 0.15) is 61.6 Å². The molecular weight excluding hydrogens is 833 g/mol. The number of nitrogens with one attached hydrogen (secondary N) is 5. The molecule has 2 heterocycles. The Balaban J connectivity index is 1.52. The fourth-order valence-corrected chi connectivity index (χ4v) is 7.64. The molecule has 3 aromatic carbocycles. The van der Waals surface area contributed by atoms with Crippen molar-refractivity contribution in [2.45, 2.75) is 94.9 Å². The molecule has 6 amide bonds. The predicted molar refractivity (Wildman–Crippen MR) is 249 cm³/mol. The first-order chi connectivity index (χ1) is 31.3. The number of primary amides is 1. The number of hydrogen-bond donors (Lipinski definition) is 10. The van der Waals surface area contributed by atoms with Crippen molar-refractivity contribution >= 4 is 64.0 Å². The normalized spacial score (nSPS) is 22.1. The van der Waals surface area contributed by atoms with Crippen LogP contribution < -0.4 is 49.2 Å². The molecule has 5 rings (SSSR count). The summed E-state index contributed by atoms with van der Waals surface area (Å²) in [7, 11) is 0. The van der Waals surface area contributed by atoms with Crippen LogP contribution in [0.4, 0.5) is 5.69 Å². The molecule has 0 radical (unpaired) electrons. The van der Waals surface area contributed by atoms with Crippen LogP contribution in [-0.2, 0) is 41.6 Å². The second kappa shape index (κ2) is 24.1. The van der Waals surface area contributed by atoms with Crippen LogP contribution in [-0.4, -0.2) is 107 Å². The van der Waals surface area contributed by atoms with E-state index in [0.29, 0.717) is 54.6 Å². The number of fused-ring (bicyclic) bond motifs is 1. The van der Waals surface area contributed by atoms with E-state index in [1.807, 2.05) is 24.3 Å². The SMILES string of the molecule is Cc1ccccc1N1C(=O)CNC(=O)[C@H](Cc2ccc(O)cc2)NC(=O)C(CCCCN)NC(=O)[C@H](Cc2c[nH]c3ccccc23)NC(=O)C(N)CC(=NN)C=NCCCC[C@@H]1C(N)=O. The molecule has 1 aliphatic rings. The number of H-pyrrole nitrogens is 1. The van der Waals surface area contributed by atoms with Crippen molar-refractivity contribution in [3.8, 4) is 5.75 Å². The fraction of sp³-hybridized carbons (Fsp3) is 0.391. The Morgan fingerprint density at radius 2 is 1.52 bits per heavy atom. The Bertz CT molecular complexity index is 2350. The average molecular weight is 893 g/mol. The number of aryl methyl sites for hydroxylation is 1. The highest BCUT2D eigenvalue weighted by Gasteiger charge is 2.34. The van der Waals surface area contributed by atoms with Crippen molar-refractivity contribution < 1.29 is 33.9 Å². The molecule has 0 bridgehead atoms. The number of para-hydroxylation sites is 2. The van der Waals surface area contributed by atoms with Gasteiger partial charge in [0.1, 0.15) is 29.9 Å². The zero-order valence-corrected chi connectivity index (χ0v) is 36.5. The maximum atomic E-state index is 14.4. The minimum absolute atomic E-state index is 0.0135. The minimum atomic E-state index is -1.29. The van der Waals surface area contributed by atoms with Gasteiger partial charge in [0.2, 0.25) is 35.4 Å². The second-order valence-corrected chi connectivity index (χ2v) is 16.1. The molecule has 0 spiro atoms. The van der Waals surface area contributed by atoms with Gasteiger partial charge in [0.15, 0.2) is 0 Å². The molecule has 0 fully saturated rings. The van der Waals surface area contributed by atoms with Crippen LogP contribution in [0, 0.1) is 6.92 Å². The molecular formula is C46H60N12O7. The number of benzene rings is 3. The lowest BCUT2D eigenvalue weighted by atomic mass is 10.0. The molecule has 19 nitrogen and oxygen atoms in total. The van der Waals surface area contributed by atoms with Crippen LogP contribution in [0.5, 0.6) is 5.75 Å². The van der Waals surface area contributed by atoms with E-state index in [1.54, 1.807) is 49.5 Å². The number of aromatic hydroxyl groups is 1. The van der Waals surface area contributed by atoms with Gasteiger partial charge in [0.25, 0.3) is 0 Å². The quantitative estimate of drug-likeness (QED) is 0.0608. The average Bonchev–Trinajstić information content (AvgIpc) is 3.70. The second-order valence-electron chi connectivity index (χ2n) is 16.1. The summed E-state index contributed by atoms with van der Waals surface area (Å²) in [5.74, 6) is 1.43. The van der Waals surface area contributed by atoms with Gasteiger partial charge in [-0.1, -0.05) is 48.5 Å². The summed E-state index contributed by atoms with van der Waals surface area (Å²) in [5.41, 5.74) is 21.5. The van der Waals surface area contributed by atoms with E-state index in [-0.39, 0.29) is 50.1 Å². The minimum Gasteiger partial charge on any atom is -0.508 e. The molecule has 2 unspecified atom stereocenters. The number of hydrogen-bond acceptors (Lipinski definition) is 12. The van der Waals surface area contributed by atoms with Gasteiger partial charge in [-0.05, 0) is 92.9 Å². The molecule has 19 heteroatoms. The summed E-state index contributed by atoms with van der Waals surface area (Å²) in [5, 5.41) is 25.5. The van der Waals surface area contributed by atoms with Crippen LogP contribution in [0.3, 0.4) is 0 Å². The highest BCUT2D eigenvalue weighted by atomic mass is 16.3. The molecule has 346 valence electrons. The molecule has 4 aromatic rings. The number of phenolic OH excluding ortho intramolecular Hbond substituents is 1. The molecule has 0 saturated heterocycles. The molecule has 14 N–H and O–H groups in total. The fourth-order valence-electron chi connectivity index (χ4n) is 7.64. The summed E-state index contributed by atoms with van der Waals surface area (Å²) >= 11 is 0. The van der Waals surface area contributed by atoms with Crippen molar-refractivity contribution in [1.29, 1.82) is 0 Å². The third-order valence-electron chi connectivity index (χ3n) is 11.2. The standard InChI is InChI=1S/C46H60N12O7/c1-28-10-2-5-14-39(28)58-40(42(49)61)15-7-9-21-51-26-31(57-50)24-34(48)43(62)55-38(23-30-25-52-35-12-4-3-11-33(30)35)46(65)54-36(13-6-8-20-47)45(64)56-37(44(63)53-27-41(58)60)22-29-16-18-32(59)19-17-29/h2-5,10-12,14,16-19,25-26,34,36-38,40,52,59H,6-9,13,15,20-24,27,47-48,50H2,1H3,(H2,49,61)(H,53,63)(H,54,65)(H,55,62)(H,56,64)/t34?,36?,37-,38-,40+/m0/s1. The number of unbranched alkanes of at least 4 members (excludes halogenated alkanes) is 1. The summed E-state index contributed by atoms with van der Waals surface area (Å²) < 4.78 is 0. The van der Waals surface area contributed by atoms with Gasteiger partial charge in [0, 0.05) is 54.8 Å². The molecule has 1 aliphatic heterocycles. The van der Waals surface area contributed by atoms with Crippen molar-refractivity contribution in [2.75, 3.05) is 24.5 Å². The number of aliphatic imine (C=N–C) groups is 1. The lowest BCUT2D eigenvalue weighted by Gasteiger charge is -2.31. The number of aromatic nitrogens is 1. The van der Waals surface area contributed by atoms with E-state index in [0.717, 1.165) is 10.9 Å². The van der Waals surface area contributed by atoms with E-state index in [9.17, 15) is 33.9 Å². The van der Waals surface area contributed by atoms with Gasteiger partial charge in [-0.2, -0.15) is 5.10 Å². The lowest BCUT2D eigenvalue weighted by molar-refractivity contribution is -0.134. The van der Waals surface area contributed by atoms with Crippen LogP contribution >= 0.6 is 0 Å². The summed E-state index contributed by atoms with van der Waals surface area (Å²) in [6, 6.07) is 14.4. The molecule has 0 saturated carbocycles. The maximum Gasteiger partial charge on any atom is 0.247 e. The molecule has 0 aliphatic carbocycles. The van der Waals surface area contributed by atoms with E-state index >= 15 is 0 Å². The van der Waals surface area contributed by atoms with E-state index in [2.05, 4.69) is 36.3 Å².